The van der Waals surface area contributed by atoms with E-state index in [-0.39, 0.29) is 16.8 Å². The molecule has 0 atom stereocenters. The van der Waals surface area contributed by atoms with E-state index in [1.54, 1.807) is 0 Å². The lowest BCUT2D eigenvalue weighted by Crippen LogP contribution is -1.94. The Bertz CT molecular complexity index is 403. The van der Waals surface area contributed by atoms with Gasteiger partial charge in [0.05, 0.1) is 20.4 Å². The molecule has 0 bridgehead atoms. The Kier molecular flexibility index (Phi) is 5.17. The minimum Gasteiger partial charge on any atom is -0.396 e. The van der Waals surface area contributed by atoms with Crippen molar-refractivity contribution < 1.29 is 14.4 Å². The number of halogens is 2. The van der Waals surface area contributed by atoms with Gasteiger partial charge in [0.2, 0.25) is 0 Å². The number of thioether (sulfide) groups is 1. The van der Waals surface area contributed by atoms with Gasteiger partial charge < -0.3 is 5.11 Å². The van der Waals surface area contributed by atoms with Crippen molar-refractivity contribution in [2.45, 2.75) is 11.3 Å². The van der Waals surface area contributed by atoms with E-state index >= 15 is 0 Å². The lowest BCUT2D eigenvalue weighted by Gasteiger charge is -2.03. The zero-order valence-electron chi connectivity index (χ0n) is 8.15. The molecule has 0 spiro atoms. The summed E-state index contributed by atoms with van der Waals surface area (Å²) >= 11 is 4.20. The van der Waals surface area contributed by atoms with Crippen LogP contribution in [0.4, 0.5) is 10.1 Å². The first-order chi connectivity index (χ1) is 7.56. The maximum absolute atomic E-state index is 13.1. The molecule has 16 heavy (non-hydrogen) atoms. The van der Waals surface area contributed by atoms with E-state index < -0.39 is 10.7 Å². The zero-order valence-corrected chi connectivity index (χ0v) is 10.6. The fourth-order valence-corrected chi connectivity index (χ4v) is 2.49. The van der Waals surface area contributed by atoms with E-state index in [9.17, 15) is 14.5 Å². The predicted molar refractivity (Wildman–Crippen MR) is 63.2 cm³/mol. The van der Waals surface area contributed by atoms with Gasteiger partial charge in [-0.25, -0.2) is 4.39 Å². The van der Waals surface area contributed by atoms with Gasteiger partial charge >= 0.3 is 0 Å². The van der Waals surface area contributed by atoms with Crippen molar-refractivity contribution >= 4 is 33.4 Å². The van der Waals surface area contributed by atoms with Gasteiger partial charge in [-0.3, -0.25) is 10.1 Å². The van der Waals surface area contributed by atoms with Crippen LogP contribution in [0, 0.1) is 15.9 Å². The molecule has 88 valence electrons. The van der Waals surface area contributed by atoms with Crippen LogP contribution in [-0.4, -0.2) is 22.4 Å². The molecule has 0 amide bonds. The number of hydrogen-bond acceptors (Lipinski definition) is 4. The van der Waals surface area contributed by atoms with Gasteiger partial charge in [0, 0.05) is 12.4 Å². The van der Waals surface area contributed by atoms with Crippen molar-refractivity contribution in [2.24, 2.45) is 0 Å². The first-order valence-corrected chi connectivity index (χ1v) is 6.21. The highest BCUT2D eigenvalue weighted by Gasteiger charge is 2.17. The first kappa shape index (κ1) is 13.4. The second-order valence-corrected chi connectivity index (χ2v) is 4.91. The Morgan fingerprint density at radius 3 is 2.81 bits per heavy atom. The summed E-state index contributed by atoms with van der Waals surface area (Å²) in [7, 11) is 0. The van der Waals surface area contributed by atoms with E-state index in [0.29, 0.717) is 17.1 Å². The highest BCUT2D eigenvalue weighted by Crippen LogP contribution is 2.33. The van der Waals surface area contributed by atoms with Crippen molar-refractivity contribution in [3.63, 3.8) is 0 Å². The average Bonchev–Trinajstić information content (AvgIpc) is 2.23. The van der Waals surface area contributed by atoms with Crippen molar-refractivity contribution in [3.05, 3.63) is 32.5 Å². The van der Waals surface area contributed by atoms with Gasteiger partial charge in [0.25, 0.3) is 5.69 Å². The number of aliphatic hydroxyl groups excluding tert-OH is 1. The van der Waals surface area contributed by atoms with Gasteiger partial charge in [-0.15, -0.1) is 11.8 Å². The maximum atomic E-state index is 13.1. The SMILES string of the molecule is O=[N+]([O-])c1cc(F)c(Br)cc1SCCCO. The van der Waals surface area contributed by atoms with E-state index in [4.69, 9.17) is 5.11 Å². The summed E-state index contributed by atoms with van der Waals surface area (Å²) in [6.45, 7) is 0.0309. The van der Waals surface area contributed by atoms with Crippen LogP contribution in [0.5, 0.6) is 0 Å². The summed E-state index contributed by atoms with van der Waals surface area (Å²) < 4.78 is 13.3. The number of nitrogens with zero attached hydrogens (tertiary/aromatic N) is 1. The topological polar surface area (TPSA) is 63.4 Å². The number of aliphatic hydroxyl groups is 1. The van der Waals surface area contributed by atoms with Crippen LogP contribution in [0.25, 0.3) is 0 Å². The van der Waals surface area contributed by atoms with Crippen LogP contribution in [0.2, 0.25) is 0 Å². The molecule has 0 saturated heterocycles. The van der Waals surface area contributed by atoms with Crippen LogP contribution in [0.15, 0.2) is 21.5 Å². The molecule has 0 radical (unpaired) electrons. The second-order valence-electron chi connectivity index (χ2n) is 2.92. The molecular weight excluding hydrogens is 301 g/mol. The van der Waals surface area contributed by atoms with Crippen molar-refractivity contribution in [3.8, 4) is 0 Å². The van der Waals surface area contributed by atoms with Crippen molar-refractivity contribution in [1.29, 1.82) is 0 Å². The van der Waals surface area contributed by atoms with E-state index in [0.717, 1.165) is 6.07 Å². The van der Waals surface area contributed by atoms with Gasteiger partial charge in [-0.05, 0) is 28.4 Å². The largest absolute Gasteiger partial charge is 0.396 e. The Balaban J connectivity index is 2.95. The summed E-state index contributed by atoms with van der Waals surface area (Å²) in [5.41, 5.74) is -0.247. The fraction of sp³-hybridized carbons (Fsp3) is 0.333. The number of benzene rings is 1. The molecular formula is C9H9BrFNO3S. The molecule has 0 unspecified atom stereocenters. The highest BCUT2D eigenvalue weighted by molar-refractivity contribution is 9.10. The summed E-state index contributed by atoms with van der Waals surface area (Å²) in [5.74, 6) is -0.103. The third kappa shape index (κ3) is 3.43. The fourth-order valence-electron chi connectivity index (χ4n) is 1.02. The molecule has 1 aromatic carbocycles. The van der Waals surface area contributed by atoms with Crippen LogP contribution in [0.1, 0.15) is 6.42 Å². The summed E-state index contributed by atoms with van der Waals surface area (Å²) in [4.78, 5) is 10.5. The molecule has 0 heterocycles. The Labute approximate surface area is 104 Å². The molecule has 0 fully saturated rings. The van der Waals surface area contributed by atoms with E-state index in [2.05, 4.69) is 15.9 Å². The number of nitro groups is 1. The van der Waals surface area contributed by atoms with Gasteiger partial charge in [-0.1, -0.05) is 0 Å². The Hall–Kier alpha value is -0.660. The molecule has 0 saturated carbocycles. The van der Waals surface area contributed by atoms with Crippen molar-refractivity contribution in [2.75, 3.05) is 12.4 Å². The standard InChI is InChI=1S/C9H9BrFNO3S/c10-6-4-9(16-3-1-2-13)8(12(14)15)5-7(6)11/h4-5,13H,1-3H2. The van der Waals surface area contributed by atoms with Gasteiger partial charge in [0.15, 0.2) is 0 Å². The minimum absolute atomic E-state index is 0.0309. The highest BCUT2D eigenvalue weighted by atomic mass is 79.9. The molecule has 0 aliphatic rings. The van der Waals surface area contributed by atoms with Crippen molar-refractivity contribution in [1.82, 2.24) is 0 Å². The third-order valence-electron chi connectivity index (χ3n) is 1.76. The smallest absolute Gasteiger partial charge is 0.285 e. The second kappa shape index (κ2) is 6.17. The molecule has 1 N–H and O–H groups in total. The molecule has 0 aliphatic carbocycles. The van der Waals surface area contributed by atoms with Gasteiger partial charge in [-0.2, -0.15) is 0 Å². The van der Waals surface area contributed by atoms with Crippen LogP contribution in [-0.2, 0) is 0 Å². The van der Waals surface area contributed by atoms with Gasteiger partial charge in [0.1, 0.15) is 5.82 Å². The lowest BCUT2D eigenvalue weighted by molar-refractivity contribution is -0.387. The Morgan fingerprint density at radius 1 is 1.56 bits per heavy atom. The lowest BCUT2D eigenvalue weighted by atomic mass is 10.3. The van der Waals surface area contributed by atoms with Crippen LogP contribution < -0.4 is 0 Å². The minimum atomic E-state index is -0.654. The summed E-state index contributed by atoms with van der Waals surface area (Å²) in [6.07, 6.45) is 0.539. The predicted octanol–water partition coefficient (Wildman–Crippen LogP) is 2.97. The number of nitro benzene ring substituents is 1. The number of rotatable bonds is 5. The first-order valence-electron chi connectivity index (χ1n) is 4.43. The monoisotopic (exact) mass is 309 g/mol. The average molecular weight is 310 g/mol. The molecule has 1 aromatic rings. The maximum Gasteiger partial charge on any atom is 0.285 e. The quantitative estimate of drug-likeness (QED) is 0.393. The van der Waals surface area contributed by atoms with Crippen LogP contribution in [0.3, 0.4) is 0 Å². The summed E-state index contributed by atoms with van der Waals surface area (Å²) in [5, 5.41) is 19.3. The molecule has 1 rings (SSSR count). The van der Waals surface area contributed by atoms with E-state index in [1.807, 2.05) is 0 Å². The van der Waals surface area contributed by atoms with Crippen LogP contribution >= 0.6 is 27.7 Å². The Morgan fingerprint density at radius 2 is 2.25 bits per heavy atom. The zero-order chi connectivity index (χ0) is 12.1. The molecule has 4 nitrogen and oxygen atoms in total. The summed E-state index contributed by atoms with van der Waals surface area (Å²) in [6, 6.07) is 2.28. The molecule has 0 aliphatic heterocycles. The molecule has 7 heteroatoms. The molecule has 0 aromatic heterocycles. The van der Waals surface area contributed by atoms with E-state index in [1.165, 1.54) is 17.8 Å². The number of hydrogen-bond donors (Lipinski definition) is 1. The normalized spacial score (nSPS) is 10.4. The third-order valence-corrected chi connectivity index (χ3v) is 3.50.